The Morgan fingerprint density at radius 1 is 1.00 bits per heavy atom. The van der Waals surface area contributed by atoms with Gasteiger partial charge in [-0.25, -0.2) is 0 Å². The molecule has 1 aromatic carbocycles. The topological polar surface area (TPSA) is 20.2 Å². The van der Waals surface area contributed by atoms with Gasteiger partial charge in [0.15, 0.2) is 0 Å². The second-order valence-electron chi connectivity index (χ2n) is 5.74. The Morgan fingerprint density at radius 2 is 1.67 bits per heavy atom. The first-order chi connectivity index (χ1) is 8.47. The van der Waals surface area contributed by atoms with Gasteiger partial charge in [0.25, 0.3) is 0 Å². The molecule has 18 heavy (non-hydrogen) atoms. The van der Waals surface area contributed by atoms with Gasteiger partial charge in [0, 0.05) is 0 Å². The Labute approximate surface area is 112 Å². The number of unbranched alkanes of at least 4 members (excludes halogenated alkanes) is 4. The summed E-state index contributed by atoms with van der Waals surface area (Å²) >= 11 is 0. The number of hydrogen-bond acceptors (Lipinski definition) is 1. The zero-order valence-corrected chi connectivity index (χ0v) is 12.4. The maximum absolute atomic E-state index is 10.6. The van der Waals surface area contributed by atoms with E-state index in [9.17, 15) is 5.11 Å². The van der Waals surface area contributed by atoms with Gasteiger partial charge in [0.1, 0.15) is 0 Å². The van der Waals surface area contributed by atoms with Crippen molar-refractivity contribution in [1.29, 1.82) is 0 Å². The third kappa shape index (κ3) is 4.45. The standard InChI is InChI=1S/C17H28O/c1-5-6-7-8-9-12-17(4,18)16-11-10-14(2)15(3)13-16/h10-11,13,18H,5-9,12H2,1-4H3. The van der Waals surface area contributed by atoms with E-state index < -0.39 is 5.60 Å². The van der Waals surface area contributed by atoms with Crippen LogP contribution in [0.5, 0.6) is 0 Å². The minimum absolute atomic E-state index is 0.676. The van der Waals surface area contributed by atoms with Crippen molar-refractivity contribution in [2.75, 3.05) is 0 Å². The van der Waals surface area contributed by atoms with E-state index >= 15 is 0 Å². The van der Waals surface area contributed by atoms with Crippen molar-refractivity contribution in [3.05, 3.63) is 34.9 Å². The first-order valence-electron chi connectivity index (χ1n) is 7.27. The fraction of sp³-hybridized carbons (Fsp3) is 0.647. The van der Waals surface area contributed by atoms with E-state index in [0.29, 0.717) is 0 Å². The van der Waals surface area contributed by atoms with Gasteiger partial charge in [-0.3, -0.25) is 0 Å². The van der Waals surface area contributed by atoms with Crippen LogP contribution < -0.4 is 0 Å². The van der Waals surface area contributed by atoms with E-state index in [1.807, 2.05) is 6.92 Å². The van der Waals surface area contributed by atoms with Crippen molar-refractivity contribution in [1.82, 2.24) is 0 Å². The Balaban J connectivity index is 2.54. The van der Waals surface area contributed by atoms with Crippen LogP contribution in [0.25, 0.3) is 0 Å². The summed E-state index contributed by atoms with van der Waals surface area (Å²) in [5.74, 6) is 0. The molecule has 0 aromatic heterocycles. The summed E-state index contributed by atoms with van der Waals surface area (Å²) in [6, 6.07) is 6.30. The summed E-state index contributed by atoms with van der Waals surface area (Å²) in [7, 11) is 0. The van der Waals surface area contributed by atoms with Gasteiger partial charge in [-0.15, -0.1) is 0 Å². The molecular formula is C17H28O. The van der Waals surface area contributed by atoms with Crippen molar-refractivity contribution in [3.8, 4) is 0 Å². The second kappa shape index (κ2) is 6.94. The second-order valence-corrected chi connectivity index (χ2v) is 5.74. The molecule has 0 fully saturated rings. The van der Waals surface area contributed by atoms with Gasteiger partial charge in [-0.05, 0) is 43.9 Å². The molecule has 0 heterocycles. The van der Waals surface area contributed by atoms with Crippen molar-refractivity contribution >= 4 is 0 Å². The summed E-state index contributed by atoms with van der Waals surface area (Å²) in [6.07, 6.45) is 7.08. The summed E-state index contributed by atoms with van der Waals surface area (Å²) in [4.78, 5) is 0. The van der Waals surface area contributed by atoms with E-state index in [1.54, 1.807) is 0 Å². The first-order valence-corrected chi connectivity index (χ1v) is 7.27. The van der Waals surface area contributed by atoms with Crippen LogP contribution >= 0.6 is 0 Å². The molecule has 0 saturated carbocycles. The summed E-state index contributed by atoms with van der Waals surface area (Å²) < 4.78 is 0. The van der Waals surface area contributed by atoms with E-state index in [0.717, 1.165) is 18.4 Å². The number of rotatable bonds is 7. The average molecular weight is 248 g/mol. The molecule has 1 nitrogen and oxygen atoms in total. The van der Waals surface area contributed by atoms with Crippen LogP contribution in [-0.2, 0) is 5.60 Å². The van der Waals surface area contributed by atoms with Crippen LogP contribution in [0.15, 0.2) is 18.2 Å². The number of hydrogen-bond donors (Lipinski definition) is 1. The van der Waals surface area contributed by atoms with Crippen LogP contribution in [0.4, 0.5) is 0 Å². The first kappa shape index (κ1) is 15.2. The summed E-state index contributed by atoms with van der Waals surface area (Å²) in [6.45, 7) is 8.39. The number of benzene rings is 1. The molecule has 0 amide bonds. The lowest BCUT2D eigenvalue weighted by Crippen LogP contribution is -2.21. The van der Waals surface area contributed by atoms with Gasteiger partial charge in [0.05, 0.1) is 5.60 Å². The molecule has 1 atom stereocenters. The summed E-state index contributed by atoms with van der Waals surface area (Å²) in [5, 5.41) is 10.6. The third-order valence-corrected chi connectivity index (χ3v) is 3.90. The molecule has 1 heteroatoms. The number of aryl methyl sites for hydroxylation is 2. The monoisotopic (exact) mass is 248 g/mol. The van der Waals surface area contributed by atoms with Gasteiger partial charge in [-0.2, -0.15) is 0 Å². The highest BCUT2D eigenvalue weighted by molar-refractivity contribution is 5.32. The molecule has 1 unspecified atom stereocenters. The normalized spacial score (nSPS) is 14.5. The van der Waals surface area contributed by atoms with Crippen molar-refractivity contribution in [3.63, 3.8) is 0 Å². The fourth-order valence-corrected chi connectivity index (χ4v) is 2.29. The Kier molecular flexibility index (Phi) is 5.87. The zero-order chi connectivity index (χ0) is 13.6. The molecule has 0 radical (unpaired) electrons. The van der Waals surface area contributed by atoms with E-state index in [1.165, 1.54) is 36.8 Å². The zero-order valence-electron chi connectivity index (χ0n) is 12.4. The van der Waals surface area contributed by atoms with E-state index in [4.69, 9.17) is 0 Å². The van der Waals surface area contributed by atoms with Crippen LogP contribution in [-0.4, -0.2) is 5.11 Å². The van der Waals surface area contributed by atoms with Gasteiger partial charge < -0.3 is 5.11 Å². The molecule has 0 saturated heterocycles. The predicted molar refractivity (Wildman–Crippen MR) is 78.9 cm³/mol. The van der Waals surface area contributed by atoms with Crippen LogP contribution in [0.2, 0.25) is 0 Å². The molecule has 0 aliphatic heterocycles. The quantitative estimate of drug-likeness (QED) is 0.682. The molecular weight excluding hydrogens is 220 g/mol. The Bertz CT molecular complexity index is 366. The SMILES string of the molecule is CCCCCCCC(C)(O)c1ccc(C)c(C)c1. The van der Waals surface area contributed by atoms with Gasteiger partial charge in [0.2, 0.25) is 0 Å². The van der Waals surface area contributed by atoms with Crippen molar-refractivity contribution in [2.24, 2.45) is 0 Å². The molecule has 0 aliphatic rings. The van der Waals surface area contributed by atoms with E-state index in [-0.39, 0.29) is 0 Å². The third-order valence-electron chi connectivity index (χ3n) is 3.90. The minimum Gasteiger partial charge on any atom is -0.385 e. The molecule has 0 spiro atoms. The molecule has 1 N–H and O–H groups in total. The van der Waals surface area contributed by atoms with Gasteiger partial charge >= 0.3 is 0 Å². The van der Waals surface area contributed by atoms with Crippen LogP contribution in [0.3, 0.4) is 0 Å². The van der Waals surface area contributed by atoms with E-state index in [2.05, 4.69) is 39.0 Å². The molecule has 0 aliphatic carbocycles. The average Bonchev–Trinajstić information content (AvgIpc) is 2.32. The highest BCUT2D eigenvalue weighted by Crippen LogP contribution is 2.28. The molecule has 1 rings (SSSR count). The lowest BCUT2D eigenvalue weighted by atomic mass is 9.88. The largest absolute Gasteiger partial charge is 0.385 e. The molecule has 102 valence electrons. The highest BCUT2D eigenvalue weighted by atomic mass is 16.3. The number of aliphatic hydroxyl groups is 1. The lowest BCUT2D eigenvalue weighted by Gasteiger charge is -2.24. The lowest BCUT2D eigenvalue weighted by molar-refractivity contribution is 0.0447. The van der Waals surface area contributed by atoms with Gasteiger partial charge in [-0.1, -0.05) is 57.2 Å². The van der Waals surface area contributed by atoms with Crippen molar-refractivity contribution in [2.45, 2.75) is 71.8 Å². The Morgan fingerprint density at radius 3 is 2.28 bits per heavy atom. The van der Waals surface area contributed by atoms with Crippen LogP contribution in [0, 0.1) is 13.8 Å². The maximum Gasteiger partial charge on any atom is 0.0868 e. The summed E-state index contributed by atoms with van der Waals surface area (Å²) in [5.41, 5.74) is 2.93. The Hall–Kier alpha value is -0.820. The fourth-order valence-electron chi connectivity index (χ4n) is 2.29. The predicted octanol–water partition coefficient (Wildman–Crippen LogP) is 4.87. The molecule has 1 aromatic rings. The van der Waals surface area contributed by atoms with Crippen LogP contribution in [0.1, 0.15) is 69.1 Å². The maximum atomic E-state index is 10.6. The molecule has 0 bridgehead atoms. The smallest absolute Gasteiger partial charge is 0.0868 e. The minimum atomic E-state index is -0.676. The highest BCUT2D eigenvalue weighted by Gasteiger charge is 2.22. The van der Waals surface area contributed by atoms with Crippen molar-refractivity contribution < 1.29 is 5.11 Å².